The van der Waals surface area contributed by atoms with Crippen molar-refractivity contribution in [2.75, 3.05) is 0 Å². The lowest BCUT2D eigenvalue weighted by atomic mass is 10.1. The Bertz CT molecular complexity index is 320. The van der Waals surface area contributed by atoms with Crippen molar-refractivity contribution in [2.24, 2.45) is 43.3 Å². The third kappa shape index (κ3) is 10.2. The van der Waals surface area contributed by atoms with Crippen molar-refractivity contribution >= 4 is 23.8 Å². The molecule has 17 heavy (non-hydrogen) atoms. The number of unbranched alkanes of at least 4 members (excludes halogenated alkanes) is 2. The number of hydrogen-bond donors (Lipinski definition) is 4. The fourth-order valence-electron chi connectivity index (χ4n) is 0.981. The SMILES string of the molecule is CCCCCC(/C=N/N=C(N)N)=N\N=C(N)N. The monoisotopic (exact) mass is 240 g/mol. The second-order valence-corrected chi connectivity index (χ2v) is 3.34. The molecule has 0 aromatic rings. The van der Waals surface area contributed by atoms with Crippen LogP contribution >= 0.6 is 0 Å². The molecule has 8 N–H and O–H groups in total. The van der Waals surface area contributed by atoms with Gasteiger partial charge in [0.05, 0.1) is 11.9 Å². The molecule has 0 fully saturated rings. The number of nitrogens with zero attached hydrogens (tertiary/aromatic N) is 4. The number of nitrogens with two attached hydrogens (primary N) is 4. The molecule has 0 atom stereocenters. The maximum atomic E-state index is 5.18. The number of hydrogen-bond acceptors (Lipinski definition) is 4. The average molecular weight is 240 g/mol. The van der Waals surface area contributed by atoms with Gasteiger partial charge in [-0.05, 0) is 12.8 Å². The quantitative estimate of drug-likeness (QED) is 0.204. The van der Waals surface area contributed by atoms with Crippen molar-refractivity contribution in [1.82, 2.24) is 0 Å². The van der Waals surface area contributed by atoms with Crippen LogP contribution in [-0.2, 0) is 0 Å². The van der Waals surface area contributed by atoms with E-state index in [1.807, 2.05) is 0 Å². The average Bonchev–Trinajstić information content (AvgIpc) is 2.24. The van der Waals surface area contributed by atoms with E-state index in [4.69, 9.17) is 22.9 Å². The minimum atomic E-state index is -0.115. The maximum absolute atomic E-state index is 5.18. The Labute approximate surface area is 101 Å². The lowest BCUT2D eigenvalue weighted by molar-refractivity contribution is 0.743. The summed E-state index contributed by atoms with van der Waals surface area (Å²) in [4.78, 5) is 0. The van der Waals surface area contributed by atoms with Gasteiger partial charge in [0.25, 0.3) is 0 Å². The highest BCUT2D eigenvalue weighted by atomic mass is 15.3. The first-order valence-electron chi connectivity index (χ1n) is 5.33. The highest BCUT2D eigenvalue weighted by molar-refractivity contribution is 6.30. The van der Waals surface area contributed by atoms with Crippen molar-refractivity contribution in [3.63, 3.8) is 0 Å². The molecule has 0 spiro atoms. The Morgan fingerprint density at radius 2 is 1.59 bits per heavy atom. The van der Waals surface area contributed by atoms with Gasteiger partial charge >= 0.3 is 0 Å². The van der Waals surface area contributed by atoms with Crippen LogP contribution in [0.4, 0.5) is 0 Å². The fraction of sp³-hybridized carbons (Fsp3) is 0.556. The molecule has 0 aromatic heterocycles. The Balaban J connectivity index is 4.50. The molecule has 0 heterocycles. The van der Waals surface area contributed by atoms with Crippen LogP contribution in [0, 0.1) is 0 Å². The molecule has 0 aliphatic heterocycles. The van der Waals surface area contributed by atoms with E-state index in [1.165, 1.54) is 6.21 Å². The zero-order valence-electron chi connectivity index (χ0n) is 10.0. The maximum Gasteiger partial charge on any atom is 0.211 e. The third-order valence-corrected chi connectivity index (χ3v) is 1.71. The summed E-state index contributed by atoms with van der Waals surface area (Å²) < 4.78 is 0. The highest BCUT2D eigenvalue weighted by Gasteiger charge is 1.96. The fourth-order valence-corrected chi connectivity index (χ4v) is 0.981. The minimum absolute atomic E-state index is 0.103. The topological polar surface area (TPSA) is 154 Å². The summed E-state index contributed by atoms with van der Waals surface area (Å²) >= 11 is 0. The van der Waals surface area contributed by atoms with Crippen molar-refractivity contribution in [2.45, 2.75) is 32.6 Å². The van der Waals surface area contributed by atoms with Crippen LogP contribution < -0.4 is 22.9 Å². The molecule has 0 rings (SSSR count). The van der Waals surface area contributed by atoms with E-state index in [1.54, 1.807) is 0 Å². The molecular weight excluding hydrogens is 220 g/mol. The van der Waals surface area contributed by atoms with Crippen LogP contribution in [0.25, 0.3) is 0 Å². The first-order valence-corrected chi connectivity index (χ1v) is 5.33. The van der Waals surface area contributed by atoms with E-state index in [0.717, 1.165) is 19.3 Å². The molecule has 0 aromatic carbocycles. The molecule has 0 aliphatic rings. The Hall–Kier alpha value is -2.12. The van der Waals surface area contributed by atoms with E-state index >= 15 is 0 Å². The van der Waals surface area contributed by atoms with Gasteiger partial charge in [-0.25, -0.2) is 0 Å². The van der Waals surface area contributed by atoms with Gasteiger partial charge in [-0.2, -0.15) is 10.2 Å². The van der Waals surface area contributed by atoms with Gasteiger partial charge in [0.2, 0.25) is 11.9 Å². The summed E-state index contributed by atoms with van der Waals surface area (Å²) in [7, 11) is 0. The zero-order chi connectivity index (χ0) is 13.1. The molecule has 0 radical (unpaired) electrons. The van der Waals surface area contributed by atoms with E-state index in [-0.39, 0.29) is 11.9 Å². The highest BCUT2D eigenvalue weighted by Crippen LogP contribution is 2.00. The lowest BCUT2D eigenvalue weighted by Crippen LogP contribution is -2.22. The molecular formula is C9H20N8. The molecule has 0 bridgehead atoms. The van der Waals surface area contributed by atoms with Gasteiger partial charge < -0.3 is 22.9 Å². The first kappa shape index (κ1) is 14.9. The largest absolute Gasteiger partial charge is 0.369 e. The normalized spacial score (nSPS) is 11.5. The van der Waals surface area contributed by atoms with E-state index < -0.39 is 0 Å². The van der Waals surface area contributed by atoms with Gasteiger partial charge in [-0.15, -0.1) is 10.2 Å². The standard InChI is InChI=1S/C9H20N8/c1-2-3-4-5-7(15-17-9(12)13)6-14-16-8(10)11/h6H,2-5H2,1H3,(H4,10,11,16)(H4,12,13,17)/b14-6+,15-7+. The smallest absolute Gasteiger partial charge is 0.211 e. The molecule has 0 saturated carbocycles. The van der Waals surface area contributed by atoms with Crippen LogP contribution in [0.3, 0.4) is 0 Å². The summed E-state index contributed by atoms with van der Waals surface area (Å²) in [5.41, 5.74) is 21.2. The second kappa shape index (κ2) is 9.13. The number of guanidine groups is 2. The van der Waals surface area contributed by atoms with Gasteiger partial charge in [0.1, 0.15) is 0 Å². The van der Waals surface area contributed by atoms with Crippen LogP contribution in [-0.4, -0.2) is 23.8 Å². The summed E-state index contributed by atoms with van der Waals surface area (Å²) in [5.74, 6) is -0.218. The van der Waals surface area contributed by atoms with Crippen LogP contribution in [0.1, 0.15) is 32.6 Å². The van der Waals surface area contributed by atoms with Gasteiger partial charge in [-0.1, -0.05) is 19.8 Å². The first-order chi connectivity index (χ1) is 8.06. The summed E-state index contributed by atoms with van der Waals surface area (Å²) in [5, 5.41) is 14.5. The zero-order valence-corrected chi connectivity index (χ0v) is 10.0. The summed E-state index contributed by atoms with van der Waals surface area (Å²) in [6, 6.07) is 0. The van der Waals surface area contributed by atoms with Crippen LogP contribution in [0.2, 0.25) is 0 Å². The molecule has 96 valence electrons. The second-order valence-electron chi connectivity index (χ2n) is 3.34. The van der Waals surface area contributed by atoms with Gasteiger partial charge in [0, 0.05) is 0 Å². The third-order valence-electron chi connectivity index (χ3n) is 1.71. The molecule has 8 nitrogen and oxygen atoms in total. The molecule has 0 saturated heterocycles. The van der Waals surface area contributed by atoms with Crippen molar-refractivity contribution in [1.29, 1.82) is 0 Å². The lowest BCUT2D eigenvalue weighted by Gasteiger charge is -1.97. The molecule has 8 heteroatoms. The Morgan fingerprint density at radius 1 is 0.941 bits per heavy atom. The van der Waals surface area contributed by atoms with E-state index in [0.29, 0.717) is 12.1 Å². The summed E-state index contributed by atoms with van der Waals surface area (Å²) in [6.07, 6.45) is 5.33. The van der Waals surface area contributed by atoms with Gasteiger partial charge in [-0.3, -0.25) is 0 Å². The Kier molecular flexibility index (Phi) is 7.99. The van der Waals surface area contributed by atoms with E-state index in [9.17, 15) is 0 Å². The minimum Gasteiger partial charge on any atom is -0.369 e. The van der Waals surface area contributed by atoms with E-state index in [2.05, 4.69) is 27.3 Å². The number of rotatable bonds is 7. The van der Waals surface area contributed by atoms with Crippen molar-refractivity contribution < 1.29 is 0 Å². The van der Waals surface area contributed by atoms with Crippen molar-refractivity contribution in [3.05, 3.63) is 0 Å². The summed E-state index contributed by atoms with van der Waals surface area (Å²) in [6.45, 7) is 2.11. The molecule has 0 unspecified atom stereocenters. The van der Waals surface area contributed by atoms with Crippen molar-refractivity contribution in [3.8, 4) is 0 Å². The molecule has 0 aliphatic carbocycles. The van der Waals surface area contributed by atoms with Crippen LogP contribution in [0.5, 0.6) is 0 Å². The Morgan fingerprint density at radius 3 is 2.12 bits per heavy atom. The predicted molar refractivity (Wildman–Crippen MR) is 71.7 cm³/mol. The molecule has 0 amide bonds. The predicted octanol–water partition coefficient (Wildman–Crippen LogP) is -0.545. The van der Waals surface area contributed by atoms with Crippen LogP contribution in [0.15, 0.2) is 20.4 Å². The van der Waals surface area contributed by atoms with Gasteiger partial charge in [0.15, 0.2) is 0 Å².